The summed E-state index contributed by atoms with van der Waals surface area (Å²) in [6, 6.07) is 5.76. The molecule has 2 rings (SSSR count). The van der Waals surface area contributed by atoms with Gasteiger partial charge in [-0.15, -0.1) is 0 Å². The molecule has 3 nitrogen and oxygen atoms in total. The largest absolute Gasteiger partial charge is 0.508 e. The van der Waals surface area contributed by atoms with E-state index in [9.17, 15) is 9.67 Å². The fourth-order valence-corrected chi connectivity index (χ4v) is 4.23. The van der Waals surface area contributed by atoms with Gasteiger partial charge in [-0.05, 0) is 36.1 Å². The van der Waals surface area contributed by atoms with Gasteiger partial charge in [-0.3, -0.25) is 0 Å². The van der Waals surface area contributed by atoms with Crippen LogP contribution >= 0.6 is 7.29 Å². The summed E-state index contributed by atoms with van der Waals surface area (Å²) < 4.78 is 14.4. The van der Waals surface area contributed by atoms with E-state index in [0.717, 1.165) is 19.4 Å². The summed E-state index contributed by atoms with van der Waals surface area (Å²) in [5.74, 6) is 0.322. The van der Waals surface area contributed by atoms with Gasteiger partial charge >= 0.3 is 0 Å². The predicted molar refractivity (Wildman–Crippen MR) is 71.0 cm³/mol. The number of fused-ring (bicyclic) bond motifs is 1. The summed E-state index contributed by atoms with van der Waals surface area (Å²) in [4.78, 5) is 0. The van der Waals surface area contributed by atoms with Gasteiger partial charge in [0.05, 0.1) is 0 Å². The SMILES string of the molecule is CCC1c2ccc(O)cc2CCN1P(C)(C)=O. The third kappa shape index (κ3) is 2.41. The minimum absolute atomic E-state index is 0.222. The fourth-order valence-electron chi connectivity index (χ4n) is 2.69. The molecule has 0 saturated carbocycles. The van der Waals surface area contributed by atoms with E-state index in [0.29, 0.717) is 5.75 Å². The van der Waals surface area contributed by atoms with Crippen LogP contribution in [0.25, 0.3) is 0 Å². The van der Waals surface area contributed by atoms with Gasteiger partial charge in [0.1, 0.15) is 13.0 Å². The van der Waals surface area contributed by atoms with Crippen molar-refractivity contribution in [2.75, 3.05) is 19.9 Å². The van der Waals surface area contributed by atoms with E-state index < -0.39 is 7.29 Å². The van der Waals surface area contributed by atoms with Crippen LogP contribution in [0.3, 0.4) is 0 Å². The Morgan fingerprint density at radius 1 is 1.47 bits per heavy atom. The minimum atomic E-state index is -2.21. The molecule has 94 valence electrons. The molecule has 1 aliphatic rings. The zero-order valence-electron chi connectivity index (χ0n) is 10.7. The van der Waals surface area contributed by atoms with Crippen molar-refractivity contribution < 1.29 is 9.67 Å². The normalized spacial score (nSPS) is 21.2. The molecular weight excluding hydrogens is 233 g/mol. The van der Waals surface area contributed by atoms with Crippen molar-refractivity contribution >= 4 is 7.29 Å². The van der Waals surface area contributed by atoms with Gasteiger partial charge in [-0.2, -0.15) is 0 Å². The smallest absolute Gasteiger partial charge is 0.145 e. The lowest BCUT2D eigenvalue weighted by atomic mass is 9.93. The Morgan fingerprint density at radius 2 is 2.18 bits per heavy atom. The molecule has 0 saturated heterocycles. The molecule has 1 aromatic rings. The van der Waals surface area contributed by atoms with E-state index in [1.165, 1.54) is 11.1 Å². The van der Waals surface area contributed by atoms with Gasteiger partial charge in [-0.25, -0.2) is 4.67 Å². The van der Waals surface area contributed by atoms with Gasteiger partial charge in [0.25, 0.3) is 0 Å². The highest BCUT2D eigenvalue weighted by Crippen LogP contribution is 2.50. The highest BCUT2D eigenvalue weighted by atomic mass is 31.2. The molecule has 17 heavy (non-hydrogen) atoms. The van der Waals surface area contributed by atoms with E-state index in [1.807, 2.05) is 25.5 Å². The van der Waals surface area contributed by atoms with Gasteiger partial charge in [0.2, 0.25) is 0 Å². The molecule has 0 aliphatic carbocycles. The first-order chi connectivity index (χ1) is 7.93. The monoisotopic (exact) mass is 253 g/mol. The van der Waals surface area contributed by atoms with Crippen LogP contribution in [0.4, 0.5) is 0 Å². The molecule has 1 heterocycles. The van der Waals surface area contributed by atoms with Crippen molar-refractivity contribution in [3.8, 4) is 5.75 Å². The average molecular weight is 253 g/mol. The van der Waals surface area contributed by atoms with Crippen LogP contribution in [0.15, 0.2) is 18.2 Å². The Hall–Kier alpha value is -0.790. The molecule has 0 fully saturated rings. The van der Waals surface area contributed by atoms with Gasteiger partial charge < -0.3 is 9.67 Å². The Bertz CT molecular complexity index is 466. The maximum absolute atomic E-state index is 12.3. The zero-order chi connectivity index (χ0) is 12.6. The van der Waals surface area contributed by atoms with E-state index in [1.54, 1.807) is 6.07 Å². The van der Waals surface area contributed by atoms with Crippen LogP contribution in [0.2, 0.25) is 0 Å². The van der Waals surface area contributed by atoms with Crippen molar-refractivity contribution in [3.05, 3.63) is 29.3 Å². The number of hydrogen-bond donors (Lipinski definition) is 1. The first-order valence-corrected chi connectivity index (χ1v) is 8.62. The summed E-state index contributed by atoms with van der Waals surface area (Å²) in [7, 11) is -2.21. The first kappa shape index (κ1) is 12.7. The Kier molecular flexibility index (Phi) is 3.33. The third-order valence-corrected chi connectivity index (χ3v) is 5.18. The minimum Gasteiger partial charge on any atom is -0.508 e. The number of rotatable bonds is 2. The van der Waals surface area contributed by atoms with Crippen LogP contribution < -0.4 is 0 Å². The Balaban J connectivity index is 2.43. The van der Waals surface area contributed by atoms with Crippen LogP contribution in [-0.2, 0) is 11.0 Å². The molecule has 0 radical (unpaired) electrons. The maximum Gasteiger partial charge on any atom is 0.145 e. The summed E-state index contributed by atoms with van der Waals surface area (Å²) in [5.41, 5.74) is 2.42. The maximum atomic E-state index is 12.3. The number of aromatic hydroxyl groups is 1. The van der Waals surface area contributed by atoms with Crippen molar-refractivity contribution in [1.82, 2.24) is 4.67 Å². The second-order valence-electron chi connectivity index (χ2n) is 5.01. The summed E-state index contributed by atoms with van der Waals surface area (Å²) in [6.07, 6.45) is 1.81. The summed E-state index contributed by atoms with van der Waals surface area (Å²) in [5, 5.41) is 9.50. The number of nitrogens with zero attached hydrogens (tertiary/aromatic N) is 1. The molecule has 1 unspecified atom stereocenters. The van der Waals surface area contributed by atoms with Gasteiger partial charge in [-0.1, -0.05) is 13.0 Å². The molecule has 0 amide bonds. The molecule has 4 heteroatoms. The lowest BCUT2D eigenvalue weighted by Gasteiger charge is -2.39. The van der Waals surface area contributed by atoms with Crippen molar-refractivity contribution in [1.29, 1.82) is 0 Å². The topological polar surface area (TPSA) is 40.5 Å². The van der Waals surface area contributed by atoms with Crippen LogP contribution in [0.1, 0.15) is 30.5 Å². The summed E-state index contributed by atoms with van der Waals surface area (Å²) >= 11 is 0. The number of phenols is 1. The summed E-state index contributed by atoms with van der Waals surface area (Å²) in [6.45, 7) is 6.61. The van der Waals surface area contributed by atoms with E-state index in [-0.39, 0.29) is 6.04 Å². The fraction of sp³-hybridized carbons (Fsp3) is 0.538. The molecular formula is C13H20NO2P. The van der Waals surface area contributed by atoms with Gasteiger partial charge in [0, 0.05) is 25.9 Å². The lowest BCUT2D eigenvalue weighted by Crippen LogP contribution is -2.32. The Labute approximate surface area is 103 Å². The van der Waals surface area contributed by atoms with Crippen molar-refractivity contribution in [2.45, 2.75) is 25.8 Å². The van der Waals surface area contributed by atoms with E-state index in [4.69, 9.17) is 0 Å². The zero-order valence-corrected chi connectivity index (χ0v) is 11.6. The van der Waals surface area contributed by atoms with E-state index in [2.05, 4.69) is 11.6 Å². The first-order valence-electron chi connectivity index (χ1n) is 6.07. The van der Waals surface area contributed by atoms with Crippen LogP contribution in [0.5, 0.6) is 5.75 Å². The van der Waals surface area contributed by atoms with Crippen LogP contribution in [-0.4, -0.2) is 29.7 Å². The lowest BCUT2D eigenvalue weighted by molar-refractivity contribution is 0.301. The van der Waals surface area contributed by atoms with Crippen LogP contribution in [0, 0.1) is 0 Å². The highest BCUT2D eigenvalue weighted by molar-refractivity contribution is 7.59. The molecule has 1 atom stereocenters. The number of hydrogen-bond acceptors (Lipinski definition) is 2. The average Bonchev–Trinajstić information content (AvgIpc) is 2.25. The molecule has 0 spiro atoms. The molecule has 1 aliphatic heterocycles. The quantitative estimate of drug-likeness (QED) is 0.822. The molecule has 0 bridgehead atoms. The van der Waals surface area contributed by atoms with Crippen molar-refractivity contribution in [3.63, 3.8) is 0 Å². The van der Waals surface area contributed by atoms with Gasteiger partial charge in [0.15, 0.2) is 0 Å². The molecule has 1 aromatic carbocycles. The predicted octanol–water partition coefficient (Wildman–Crippen LogP) is 3.24. The van der Waals surface area contributed by atoms with Crippen molar-refractivity contribution in [2.24, 2.45) is 0 Å². The second-order valence-corrected chi connectivity index (χ2v) is 8.12. The van der Waals surface area contributed by atoms with E-state index >= 15 is 0 Å². The second kappa shape index (κ2) is 4.47. The molecule has 1 N–H and O–H groups in total. The third-order valence-electron chi connectivity index (χ3n) is 3.46. The number of benzene rings is 1. The highest BCUT2D eigenvalue weighted by Gasteiger charge is 2.32. The standard InChI is InChI=1S/C13H20NO2P/c1-4-13-12-6-5-11(15)9-10(12)7-8-14(13)17(2,3)16/h5-6,9,13,15H,4,7-8H2,1-3H3. The Morgan fingerprint density at radius 3 is 2.76 bits per heavy atom. The molecule has 0 aromatic heterocycles. The number of phenolic OH excluding ortho intramolecular Hbond substituents is 1.